The molecule has 0 amide bonds. The fourth-order valence-corrected chi connectivity index (χ4v) is 2.03. The van der Waals surface area contributed by atoms with E-state index in [2.05, 4.69) is 18.9 Å². The average Bonchev–Trinajstić information content (AvgIpc) is 2.28. The predicted molar refractivity (Wildman–Crippen MR) is 49.1 cm³/mol. The van der Waals surface area contributed by atoms with Crippen LogP contribution in [0.4, 0.5) is 0 Å². The third-order valence-electron chi connectivity index (χ3n) is 2.97. The Kier molecular flexibility index (Phi) is 1.71. The summed E-state index contributed by atoms with van der Waals surface area (Å²) < 4.78 is 2.02. The second kappa shape index (κ2) is 2.61. The Morgan fingerprint density at radius 2 is 2.25 bits per heavy atom. The molecule has 2 nitrogen and oxygen atoms in total. The van der Waals surface area contributed by atoms with E-state index in [1.165, 1.54) is 36.2 Å². The van der Waals surface area contributed by atoms with Crippen LogP contribution in [0.1, 0.15) is 30.3 Å². The minimum atomic E-state index is 0.826. The third kappa shape index (κ3) is 1.06. The number of fused-ring (bicyclic) bond motifs is 1. The molecule has 1 heterocycles. The topological polar surface area (TPSA) is 17.8 Å². The molecule has 66 valence electrons. The monoisotopic (exact) mass is 164 g/mol. The highest BCUT2D eigenvalue weighted by molar-refractivity contribution is 5.27. The first kappa shape index (κ1) is 7.84. The van der Waals surface area contributed by atoms with Crippen LogP contribution in [0.15, 0.2) is 0 Å². The zero-order valence-corrected chi connectivity index (χ0v) is 8.09. The lowest BCUT2D eigenvalue weighted by molar-refractivity contribution is 0.493. The molecular formula is C10H16N2. The van der Waals surface area contributed by atoms with Crippen molar-refractivity contribution in [3.63, 3.8) is 0 Å². The highest BCUT2D eigenvalue weighted by atomic mass is 15.3. The zero-order valence-electron chi connectivity index (χ0n) is 8.09. The second-order valence-corrected chi connectivity index (χ2v) is 3.98. The normalized spacial score (nSPS) is 22.4. The Morgan fingerprint density at radius 1 is 1.50 bits per heavy atom. The summed E-state index contributed by atoms with van der Waals surface area (Å²) in [6.45, 7) is 4.48. The predicted octanol–water partition coefficient (Wildman–Crippen LogP) is 1.85. The van der Waals surface area contributed by atoms with Crippen molar-refractivity contribution in [1.82, 2.24) is 9.78 Å². The van der Waals surface area contributed by atoms with E-state index in [1.807, 2.05) is 11.7 Å². The molecule has 2 heteroatoms. The van der Waals surface area contributed by atoms with Gasteiger partial charge in [0.15, 0.2) is 0 Å². The maximum Gasteiger partial charge on any atom is 0.0661 e. The molecule has 0 radical (unpaired) electrons. The Bertz CT molecular complexity index is 299. The fraction of sp³-hybridized carbons (Fsp3) is 0.700. The van der Waals surface area contributed by atoms with Crippen LogP contribution in [0.2, 0.25) is 0 Å². The number of hydrogen-bond donors (Lipinski definition) is 0. The first-order valence-electron chi connectivity index (χ1n) is 4.70. The van der Waals surface area contributed by atoms with Gasteiger partial charge in [0.25, 0.3) is 0 Å². The van der Waals surface area contributed by atoms with Gasteiger partial charge in [-0.3, -0.25) is 4.68 Å². The molecule has 12 heavy (non-hydrogen) atoms. The fourth-order valence-electron chi connectivity index (χ4n) is 2.03. The average molecular weight is 164 g/mol. The summed E-state index contributed by atoms with van der Waals surface area (Å²) in [5, 5.41) is 4.52. The number of nitrogens with zero attached hydrogens (tertiary/aromatic N) is 2. The molecule has 1 atom stereocenters. The van der Waals surface area contributed by atoms with Gasteiger partial charge in [-0.1, -0.05) is 6.92 Å². The number of aromatic nitrogens is 2. The van der Waals surface area contributed by atoms with Crippen molar-refractivity contribution in [2.24, 2.45) is 13.0 Å². The van der Waals surface area contributed by atoms with Crippen LogP contribution in [-0.4, -0.2) is 9.78 Å². The van der Waals surface area contributed by atoms with Gasteiger partial charge in [-0.2, -0.15) is 5.10 Å². The minimum Gasteiger partial charge on any atom is -0.272 e. The summed E-state index contributed by atoms with van der Waals surface area (Å²) in [6, 6.07) is 0. The maximum atomic E-state index is 4.52. The molecule has 0 spiro atoms. The summed E-state index contributed by atoms with van der Waals surface area (Å²) in [5.74, 6) is 0.826. The molecule has 1 aromatic heterocycles. The second-order valence-electron chi connectivity index (χ2n) is 3.98. The van der Waals surface area contributed by atoms with E-state index in [0.717, 1.165) is 5.92 Å². The molecule has 0 aromatic carbocycles. The molecule has 1 aliphatic rings. The summed E-state index contributed by atoms with van der Waals surface area (Å²) in [7, 11) is 2.04. The van der Waals surface area contributed by atoms with Gasteiger partial charge in [-0.05, 0) is 37.7 Å². The van der Waals surface area contributed by atoms with Crippen molar-refractivity contribution in [3.05, 3.63) is 17.0 Å². The van der Waals surface area contributed by atoms with E-state index in [1.54, 1.807) is 0 Å². The largest absolute Gasteiger partial charge is 0.272 e. The van der Waals surface area contributed by atoms with E-state index in [-0.39, 0.29) is 0 Å². The summed E-state index contributed by atoms with van der Waals surface area (Å²) in [5.41, 5.74) is 4.21. The third-order valence-corrected chi connectivity index (χ3v) is 2.97. The number of aryl methyl sites for hydroxylation is 1. The molecule has 0 aliphatic heterocycles. The van der Waals surface area contributed by atoms with Gasteiger partial charge in [-0.25, -0.2) is 0 Å². The molecule has 1 aliphatic carbocycles. The maximum absolute atomic E-state index is 4.52. The van der Waals surface area contributed by atoms with Crippen LogP contribution in [0.3, 0.4) is 0 Å². The molecule has 1 unspecified atom stereocenters. The molecule has 0 fully saturated rings. The lowest BCUT2D eigenvalue weighted by Gasteiger charge is -2.16. The molecular weight excluding hydrogens is 148 g/mol. The van der Waals surface area contributed by atoms with Gasteiger partial charge in [0, 0.05) is 12.7 Å². The Balaban J connectivity index is 2.43. The first-order valence-corrected chi connectivity index (χ1v) is 4.70. The van der Waals surface area contributed by atoms with Gasteiger partial charge < -0.3 is 0 Å². The number of rotatable bonds is 0. The first-order chi connectivity index (χ1) is 5.68. The van der Waals surface area contributed by atoms with E-state index in [4.69, 9.17) is 0 Å². The van der Waals surface area contributed by atoms with Crippen LogP contribution in [0.5, 0.6) is 0 Å². The highest BCUT2D eigenvalue weighted by Gasteiger charge is 2.20. The zero-order chi connectivity index (χ0) is 8.72. The molecule has 1 aromatic rings. The smallest absolute Gasteiger partial charge is 0.0661 e. The van der Waals surface area contributed by atoms with Crippen molar-refractivity contribution < 1.29 is 0 Å². The van der Waals surface area contributed by atoms with E-state index < -0.39 is 0 Å². The lowest BCUT2D eigenvalue weighted by Crippen LogP contribution is -2.10. The van der Waals surface area contributed by atoms with Crippen molar-refractivity contribution in [2.75, 3.05) is 0 Å². The standard InChI is InChI=1S/C10H16N2/c1-7-4-5-9-8(2)12(3)11-10(9)6-7/h7H,4-6H2,1-3H3. The van der Waals surface area contributed by atoms with Crippen LogP contribution in [0, 0.1) is 12.8 Å². The molecule has 0 saturated carbocycles. The Labute approximate surface area is 73.6 Å². The van der Waals surface area contributed by atoms with Gasteiger partial charge in [0.05, 0.1) is 5.69 Å². The van der Waals surface area contributed by atoms with Gasteiger partial charge in [0.1, 0.15) is 0 Å². The van der Waals surface area contributed by atoms with Crippen molar-refractivity contribution in [2.45, 2.75) is 33.1 Å². The Hall–Kier alpha value is -0.790. The van der Waals surface area contributed by atoms with Gasteiger partial charge in [-0.15, -0.1) is 0 Å². The van der Waals surface area contributed by atoms with Crippen LogP contribution in [-0.2, 0) is 19.9 Å². The van der Waals surface area contributed by atoms with Crippen LogP contribution in [0.25, 0.3) is 0 Å². The molecule has 2 rings (SSSR count). The molecule has 0 saturated heterocycles. The van der Waals surface area contributed by atoms with Crippen molar-refractivity contribution in [3.8, 4) is 0 Å². The van der Waals surface area contributed by atoms with E-state index in [9.17, 15) is 0 Å². The quantitative estimate of drug-likeness (QED) is 0.572. The summed E-state index contributed by atoms with van der Waals surface area (Å²) in [4.78, 5) is 0. The lowest BCUT2D eigenvalue weighted by atomic mass is 9.88. The van der Waals surface area contributed by atoms with Crippen molar-refractivity contribution >= 4 is 0 Å². The van der Waals surface area contributed by atoms with Gasteiger partial charge in [0.2, 0.25) is 0 Å². The van der Waals surface area contributed by atoms with E-state index in [0.29, 0.717) is 0 Å². The van der Waals surface area contributed by atoms with Crippen LogP contribution >= 0.6 is 0 Å². The van der Waals surface area contributed by atoms with Gasteiger partial charge >= 0.3 is 0 Å². The SMILES string of the molecule is Cc1c2c(nn1C)CC(C)CC2. The molecule has 0 N–H and O–H groups in total. The summed E-state index contributed by atoms with van der Waals surface area (Å²) in [6.07, 6.45) is 3.74. The Morgan fingerprint density at radius 3 is 3.00 bits per heavy atom. The minimum absolute atomic E-state index is 0.826. The summed E-state index contributed by atoms with van der Waals surface area (Å²) >= 11 is 0. The highest BCUT2D eigenvalue weighted by Crippen LogP contribution is 2.26. The van der Waals surface area contributed by atoms with E-state index >= 15 is 0 Å². The van der Waals surface area contributed by atoms with Crippen LogP contribution < -0.4 is 0 Å². The van der Waals surface area contributed by atoms with Crippen molar-refractivity contribution in [1.29, 1.82) is 0 Å². The number of hydrogen-bond acceptors (Lipinski definition) is 1. The molecule has 0 bridgehead atoms.